The van der Waals surface area contributed by atoms with Gasteiger partial charge in [-0.2, -0.15) is 0 Å². The largest absolute Gasteiger partial charge is 0.504 e. The Morgan fingerprint density at radius 3 is 2.26 bits per heavy atom. The van der Waals surface area contributed by atoms with Crippen molar-refractivity contribution in [3.63, 3.8) is 0 Å². The summed E-state index contributed by atoms with van der Waals surface area (Å²) in [4.78, 5) is 22.0. The van der Waals surface area contributed by atoms with Crippen molar-refractivity contribution < 1.29 is 19.4 Å². The van der Waals surface area contributed by atoms with Gasteiger partial charge in [-0.25, -0.2) is 9.97 Å². The summed E-state index contributed by atoms with van der Waals surface area (Å²) in [6, 6.07) is 17.4. The maximum Gasteiger partial charge on any atom is 0.257 e. The number of hydrogen-bond acceptors (Lipinski definition) is 7. The first kappa shape index (κ1) is 24.8. The molecule has 183 valence electrons. The summed E-state index contributed by atoms with van der Waals surface area (Å²) in [5, 5.41) is 9.84. The molecule has 0 aliphatic carbocycles. The van der Waals surface area contributed by atoms with Gasteiger partial charge in [0, 0.05) is 32.3 Å². The van der Waals surface area contributed by atoms with E-state index in [9.17, 15) is 9.90 Å². The Morgan fingerprint density at radius 1 is 1.00 bits per heavy atom. The quantitative estimate of drug-likeness (QED) is 0.349. The summed E-state index contributed by atoms with van der Waals surface area (Å²) in [6.45, 7) is 4.49. The Morgan fingerprint density at radius 2 is 1.63 bits per heavy atom. The molecule has 2 aromatic carbocycles. The maximum atomic E-state index is 11.0. The Kier molecular flexibility index (Phi) is 8.45. The van der Waals surface area contributed by atoms with Gasteiger partial charge in [0.05, 0.1) is 12.3 Å². The molecule has 0 unspecified atom stereocenters. The average Bonchev–Trinajstić information content (AvgIpc) is 2.88. The molecule has 1 N–H and O–H groups in total. The number of aryl methyl sites for hydroxylation is 1. The zero-order chi connectivity index (χ0) is 24.6. The van der Waals surface area contributed by atoms with Gasteiger partial charge in [-0.1, -0.05) is 36.4 Å². The lowest BCUT2D eigenvalue weighted by Crippen LogP contribution is -2.34. The molecule has 1 saturated heterocycles. The molecule has 1 aliphatic heterocycles. The lowest BCUT2D eigenvalue weighted by molar-refractivity contribution is -0.0390. The fourth-order valence-electron chi connectivity index (χ4n) is 4.50. The van der Waals surface area contributed by atoms with Gasteiger partial charge in [-0.05, 0) is 60.9 Å². The summed E-state index contributed by atoms with van der Waals surface area (Å²) < 4.78 is 10.3. The van der Waals surface area contributed by atoms with Crippen LogP contribution < -0.4 is 4.90 Å². The highest BCUT2D eigenvalue weighted by Gasteiger charge is 2.22. The van der Waals surface area contributed by atoms with E-state index in [-0.39, 0.29) is 11.4 Å². The Hall–Kier alpha value is -3.29. The first-order valence-corrected chi connectivity index (χ1v) is 12.0. The number of ether oxygens (including phenoxy) is 2. The summed E-state index contributed by atoms with van der Waals surface area (Å²) in [5.74, 6) is 0.889. The van der Waals surface area contributed by atoms with E-state index in [1.165, 1.54) is 16.8 Å². The fraction of sp³-hybridized carbons (Fsp3) is 0.393. The smallest absolute Gasteiger partial charge is 0.257 e. The second-order valence-electron chi connectivity index (χ2n) is 9.07. The standard InChI is InChI=1S/C28H32N3O4/c1-20-28(33)26(17-32)30-27(29-20)16-23-11-13-31(14-12-23)25-9-7-22(8-10-25)15-21-3-5-24(6-4-21)18-35-19-34-2/h3-10,23,33H,11-16,18-19H2,1-2H3. The van der Waals surface area contributed by atoms with Crippen LogP contribution in [0.3, 0.4) is 0 Å². The van der Waals surface area contributed by atoms with Crippen molar-refractivity contribution in [2.75, 3.05) is 31.9 Å². The summed E-state index contributed by atoms with van der Waals surface area (Å²) >= 11 is 0. The molecule has 7 heteroatoms. The van der Waals surface area contributed by atoms with E-state index in [0.29, 0.717) is 37.3 Å². The zero-order valence-corrected chi connectivity index (χ0v) is 20.4. The van der Waals surface area contributed by atoms with Crippen molar-refractivity contribution in [1.82, 2.24) is 9.97 Å². The highest BCUT2D eigenvalue weighted by atomic mass is 16.7. The number of anilines is 1. The molecular formula is C28H32N3O4. The van der Waals surface area contributed by atoms with E-state index < -0.39 is 0 Å². The van der Waals surface area contributed by atoms with Gasteiger partial charge in [-0.15, -0.1) is 0 Å². The number of methoxy groups -OCH3 is 1. The molecule has 4 rings (SSSR count). The van der Waals surface area contributed by atoms with Gasteiger partial charge in [0.1, 0.15) is 12.6 Å². The second kappa shape index (κ2) is 11.9. The predicted octanol–water partition coefficient (Wildman–Crippen LogP) is 4.12. The Bertz CT molecular complexity index is 1110. The molecule has 0 bridgehead atoms. The van der Waals surface area contributed by atoms with Crippen molar-refractivity contribution in [3.05, 3.63) is 82.4 Å². The van der Waals surface area contributed by atoms with Crippen LogP contribution in [0.25, 0.3) is 0 Å². The molecule has 0 amide bonds. The van der Waals surface area contributed by atoms with Crippen LogP contribution in [0.2, 0.25) is 0 Å². The van der Waals surface area contributed by atoms with Crippen LogP contribution in [0.4, 0.5) is 5.69 Å². The fourth-order valence-corrected chi connectivity index (χ4v) is 4.50. The third-order valence-corrected chi connectivity index (χ3v) is 6.49. The number of aromatic hydroxyl groups is 1. The molecule has 35 heavy (non-hydrogen) atoms. The number of hydrogen-bond donors (Lipinski definition) is 1. The highest BCUT2D eigenvalue weighted by Crippen LogP contribution is 2.27. The molecule has 1 radical (unpaired) electrons. The van der Waals surface area contributed by atoms with Crippen LogP contribution in [-0.2, 0) is 33.7 Å². The van der Waals surface area contributed by atoms with E-state index in [4.69, 9.17) is 9.47 Å². The number of piperidine rings is 1. The third-order valence-electron chi connectivity index (χ3n) is 6.49. The highest BCUT2D eigenvalue weighted by molar-refractivity contribution is 5.76. The van der Waals surface area contributed by atoms with E-state index in [1.807, 2.05) is 0 Å². The van der Waals surface area contributed by atoms with E-state index >= 15 is 0 Å². The molecule has 1 fully saturated rings. The number of benzene rings is 2. The van der Waals surface area contributed by atoms with Crippen molar-refractivity contribution in [1.29, 1.82) is 0 Å². The van der Waals surface area contributed by atoms with Crippen LogP contribution >= 0.6 is 0 Å². The molecular weight excluding hydrogens is 442 g/mol. The molecule has 7 nitrogen and oxygen atoms in total. The van der Waals surface area contributed by atoms with Crippen molar-refractivity contribution in [2.24, 2.45) is 5.92 Å². The first-order valence-electron chi connectivity index (χ1n) is 12.0. The molecule has 0 saturated carbocycles. The van der Waals surface area contributed by atoms with Gasteiger partial charge in [-0.3, -0.25) is 4.79 Å². The summed E-state index contributed by atoms with van der Waals surface area (Å²) in [7, 11) is 1.62. The van der Waals surface area contributed by atoms with Gasteiger partial charge in [0.15, 0.2) is 11.4 Å². The molecule has 0 spiro atoms. The normalized spacial score (nSPS) is 14.3. The van der Waals surface area contributed by atoms with Crippen molar-refractivity contribution >= 4 is 12.0 Å². The predicted molar refractivity (Wildman–Crippen MR) is 134 cm³/mol. The lowest BCUT2D eigenvalue weighted by atomic mass is 9.92. The molecule has 1 aliphatic rings. The molecule has 2 heterocycles. The Balaban J connectivity index is 1.27. The molecule has 0 atom stereocenters. The summed E-state index contributed by atoms with van der Waals surface area (Å²) in [5.41, 5.74) is 5.33. The average molecular weight is 475 g/mol. The van der Waals surface area contributed by atoms with E-state index in [0.717, 1.165) is 37.9 Å². The van der Waals surface area contributed by atoms with Crippen LogP contribution in [0.5, 0.6) is 5.75 Å². The van der Waals surface area contributed by atoms with Crippen LogP contribution in [0.1, 0.15) is 46.7 Å². The van der Waals surface area contributed by atoms with Crippen molar-refractivity contribution in [3.8, 4) is 5.75 Å². The monoisotopic (exact) mass is 474 g/mol. The SMILES string of the molecule is COCOCc1ccc(Cc2ccc(N3CCC(Cc4nc(C)c(O)c([C]=O)n4)CC3)cc2)cc1. The molecule has 3 aromatic rings. The maximum absolute atomic E-state index is 11.0. The minimum Gasteiger partial charge on any atom is -0.504 e. The zero-order valence-electron chi connectivity index (χ0n) is 20.4. The number of nitrogens with zero attached hydrogens (tertiary/aromatic N) is 3. The second-order valence-corrected chi connectivity index (χ2v) is 9.07. The molecule has 1 aromatic heterocycles. The van der Waals surface area contributed by atoms with Crippen LogP contribution in [0, 0.1) is 12.8 Å². The summed E-state index contributed by atoms with van der Waals surface area (Å²) in [6.07, 6.45) is 5.38. The minimum absolute atomic E-state index is 0.0444. The van der Waals surface area contributed by atoms with E-state index in [2.05, 4.69) is 63.4 Å². The third kappa shape index (κ3) is 6.65. The van der Waals surface area contributed by atoms with E-state index in [1.54, 1.807) is 20.3 Å². The van der Waals surface area contributed by atoms with Gasteiger partial charge in [0.25, 0.3) is 6.29 Å². The minimum atomic E-state index is -0.174. The van der Waals surface area contributed by atoms with Gasteiger partial charge < -0.3 is 19.5 Å². The Labute approximate surface area is 206 Å². The van der Waals surface area contributed by atoms with Crippen LogP contribution in [0.15, 0.2) is 48.5 Å². The number of carbonyl (C=O) groups excluding carboxylic acids is 1. The van der Waals surface area contributed by atoms with Gasteiger partial charge in [0.2, 0.25) is 0 Å². The van der Waals surface area contributed by atoms with Crippen LogP contribution in [-0.4, -0.2) is 48.4 Å². The first-order chi connectivity index (χ1) is 17.1. The van der Waals surface area contributed by atoms with Crippen molar-refractivity contribution in [2.45, 2.75) is 39.2 Å². The van der Waals surface area contributed by atoms with Gasteiger partial charge >= 0.3 is 0 Å². The number of aromatic nitrogens is 2. The topological polar surface area (TPSA) is 84.8 Å². The lowest BCUT2D eigenvalue weighted by Gasteiger charge is -2.33. The number of rotatable bonds is 10.